The van der Waals surface area contributed by atoms with Gasteiger partial charge in [-0.25, -0.2) is 0 Å². The lowest BCUT2D eigenvalue weighted by atomic mass is 10.1. The SMILES string of the molecule is C=CNc1cccc2c1Cc1ccccc1-2. The summed E-state index contributed by atoms with van der Waals surface area (Å²) in [6.07, 6.45) is 2.75. The van der Waals surface area contributed by atoms with Gasteiger partial charge in [0.05, 0.1) is 0 Å². The van der Waals surface area contributed by atoms with Crippen molar-refractivity contribution in [1.82, 2.24) is 0 Å². The van der Waals surface area contributed by atoms with Gasteiger partial charge in [0.15, 0.2) is 0 Å². The largest absolute Gasteiger partial charge is 0.362 e. The fourth-order valence-corrected chi connectivity index (χ4v) is 2.40. The molecule has 78 valence electrons. The van der Waals surface area contributed by atoms with Crippen molar-refractivity contribution < 1.29 is 0 Å². The number of anilines is 1. The van der Waals surface area contributed by atoms with E-state index in [2.05, 4.69) is 54.4 Å². The van der Waals surface area contributed by atoms with Crippen LogP contribution in [-0.4, -0.2) is 0 Å². The van der Waals surface area contributed by atoms with Crippen molar-refractivity contribution in [1.29, 1.82) is 0 Å². The summed E-state index contributed by atoms with van der Waals surface area (Å²) in [6.45, 7) is 3.72. The fraction of sp³-hybridized carbons (Fsp3) is 0.0667. The van der Waals surface area contributed by atoms with Crippen LogP contribution < -0.4 is 5.32 Å². The van der Waals surface area contributed by atoms with Gasteiger partial charge >= 0.3 is 0 Å². The minimum atomic E-state index is 1.02. The quantitative estimate of drug-likeness (QED) is 0.673. The minimum Gasteiger partial charge on any atom is -0.362 e. The first-order valence-corrected chi connectivity index (χ1v) is 5.48. The summed E-state index contributed by atoms with van der Waals surface area (Å²) in [5.74, 6) is 0. The molecule has 0 fully saturated rings. The smallest absolute Gasteiger partial charge is 0.0421 e. The lowest BCUT2D eigenvalue weighted by Gasteiger charge is -2.07. The summed E-state index contributed by atoms with van der Waals surface area (Å²) < 4.78 is 0. The van der Waals surface area contributed by atoms with Crippen molar-refractivity contribution in [2.45, 2.75) is 6.42 Å². The number of hydrogen-bond acceptors (Lipinski definition) is 1. The Morgan fingerprint density at radius 1 is 1.00 bits per heavy atom. The minimum absolute atomic E-state index is 1.02. The van der Waals surface area contributed by atoms with E-state index in [4.69, 9.17) is 0 Å². The van der Waals surface area contributed by atoms with Crippen LogP contribution in [0.5, 0.6) is 0 Å². The summed E-state index contributed by atoms with van der Waals surface area (Å²) in [7, 11) is 0. The molecule has 0 saturated heterocycles. The highest BCUT2D eigenvalue weighted by molar-refractivity contribution is 5.82. The molecule has 2 aromatic carbocycles. The van der Waals surface area contributed by atoms with Gasteiger partial charge in [-0.15, -0.1) is 0 Å². The predicted molar refractivity (Wildman–Crippen MR) is 68.5 cm³/mol. The number of fused-ring (bicyclic) bond motifs is 3. The Morgan fingerprint density at radius 3 is 2.69 bits per heavy atom. The van der Waals surface area contributed by atoms with Crippen LogP contribution in [0.25, 0.3) is 11.1 Å². The molecular formula is C15H13N. The summed E-state index contributed by atoms with van der Waals surface area (Å²) in [5.41, 5.74) is 6.68. The second-order valence-electron chi connectivity index (χ2n) is 4.01. The Balaban J connectivity index is 2.19. The number of hydrogen-bond donors (Lipinski definition) is 1. The molecule has 1 aliphatic carbocycles. The Kier molecular flexibility index (Phi) is 2.03. The van der Waals surface area contributed by atoms with Gasteiger partial charge in [0.25, 0.3) is 0 Å². The standard InChI is InChI=1S/C15H13N/c1-2-16-15-9-5-8-13-12-7-4-3-6-11(12)10-14(13)15/h2-9,16H,1,10H2. The number of nitrogens with one attached hydrogen (secondary N) is 1. The van der Waals surface area contributed by atoms with Gasteiger partial charge < -0.3 is 5.32 Å². The van der Waals surface area contributed by atoms with E-state index in [0.29, 0.717) is 0 Å². The molecule has 0 heterocycles. The molecular weight excluding hydrogens is 194 g/mol. The second-order valence-corrected chi connectivity index (χ2v) is 4.01. The average molecular weight is 207 g/mol. The first kappa shape index (κ1) is 9.22. The Morgan fingerprint density at radius 2 is 1.81 bits per heavy atom. The third-order valence-electron chi connectivity index (χ3n) is 3.11. The Hall–Kier alpha value is -2.02. The van der Waals surface area contributed by atoms with Crippen molar-refractivity contribution in [2.24, 2.45) is 0 Å². The van der Waals surface area contributed by atoms with E-state index in [-0.39, 0.29) is 0 Å². The van der Waals surface area contributed by atoms with Crippen LogP contribution in [0.15, 0.2) is 55.2 Å². The van der Waals surface area contributed by atoms with E-state index in [1.165, 1.54) is 27.9 Å². The molecule has 0 atom stereocenters. The zero-order valence-corrected chi connectivity index (χ0v) is 9.03. The molecule has 16 heavy (non-hydrogen) atoms. The highest BCUT2D eigenvalue weighted by Crippen LogP contribution is 2.39. The highest BCUT2D eigenvalue weighted by Gasteiger charge is 2.19. The molecule has 0 radical (unpaired) electrons. The molecule has 1 nitrogen and oxygen atoms in total. The van der Waals surface area contributed by atoms with Gasteiger partial charge in [-0.3, -0.25) is 0 Å². The van der Waals surface area contributed by atoms with Gasteiger partial charge in [0.1, 0.15) is 0 Å². The number of benzene rings is 2. The van der Waals surface area contributed by atoms with E-state index >= 15 is 0 Å². The zero-order chi connectivity index (χ0) is 11.0. The maximum atomic E-state index is 3.72. The lowest BCUT2D eigenvalue weighted by molar-refractivity contribution is 1.26. The first-order valence-electron chi connectivity index (χ1n) is 5.48. The molecule has 1 aliphatic rings. The van der Waals surface area contributed by atoms with Gasteiger partial charge in [-0.2, -0.15) is 0 Å². The van der Waals surface area contributed by atoms with Gasteiger partial charge in [0.2, 0.25) is 0 Å². The maximum Gasteiger partial charge on any atom is 0.0421 e. The number of rotatable bonds is 2. The van der Waals surface area contributed by atoms with Crippen LogP contribution in [-0.2, 0) is 6.42 Å². The van der Waals surface area contributed by atoms with Gasteiger partial charge in [-0.1, -0.05) is 43.0 Å². The second kappa shape index (κ2) is 3.53. The van der Waals surface area contributed by atoms with E-state index in [0.717, 1.165) is 6.42 Å². The summed E-state index contributed by atoms with van der Waals surface area (Å²) in [4.78, 5) is 0. The monoisotopic (exact) mass is 207 g/mol. The van der Waals surface area contributed by atoms with E-state index < -0.39 is 0 Å². The van der Waals surface area contributed by atoms with Crippen LogP contribution in [0.3, 0.4) is 0 Å². The van der Waals surface area contributed by atoms with Crippen LogP contribution >= 0.6 is 0 Å². The molecule has 2 aromatic rings. The molecule has 0 unspecified atom stereocenters. The van der Waals surface area contributed by atoms with Crippen LogP contribution in [0.1, 0.15) is 11.1 Å². The van der Waals surface area contributed by atoms with Crippen LogP contribution in [0.4, 0.5) is 5.69 Å². The van der Waals surface area contributed by atoms with E-state index in [1.54, 1.807) is 6.20 Å². The Bertz CT molecular complexity index is 555. The van der Waals surface area contributed by atoms with Crippen molar-refractivity contribution >= 4 is 5.69 Å². The van der Waals surface area contributed by atoms with Gasteiger partial charge in [-0.05, 0) is 34.5 Å². The fourth-order valence-electron chi connectivity index (χ4n) is 2.40. The normalized spacial score (nSPS) is 11.8. The molecule has 0 aromatic heterocycles. The molecule has 1 N–H and O–H groups in total. The van der Waals surface area contributed by atoms with Crippen molar-refractivity contribution in [3.05, 3.63) is 66.4 Å². The van der Waals surface area contributed by atoms with Crippen LogP contribution in [0.2, 0.25) is 0 Å². The topological polar surface area (TPSA) is 12.0 Å². The maximum absolute atomic E-state index is 3.72. The molecule has 3 rings (SSSR count). The van der Waals surface area contributed by atoms with E-state index in [1.807, 2.05) is 0 Å². The molecule has 0 bridgehead atoms. The molecule has 0 spiro atoms. The highest BCUT2D eigenvalue weighted by atomic mass is 14.8. The van der Waals surface area contributed by atoms with Gasteiger partial charge in [0, 0.05) is 12.1 Å². The summed E-state index contributed by atoms with van der Waals surface area (Å²) >= 11 is 0. The molecule has 0 saturated carbocycles. The summed E-state index contributed by atoms with van der Waals surface area (Å²) in [6, 6.07) is 15.0. The van der Waals surface area contributed by atoms with Crippen LogP contribution in [0, 0.1) is 0 Å². The Labute approximate surface area is 95.4 Å². The molecule has 0 amide bonds. The third kappa shape index (κ3) is 1.25. The zero-order valence-electron chi connectivity index (χ0n) is 9.03. The molecule has 0 aliphatic heterocycles. The average Bonchev–Trinajstić information content (AvgIpc) is 2.69. The van der Waals surface area contributed by atoms with Crippen molar-refractivity contribution in [3.63, 3.8) is 0 Å². The first-order chi connectivity index (χ1) is 7.90. The van der Waals surface area contributed by atoms with Crippen molar-refractivity contribution in [3.8, 4) is 11.1 Å². The van der Waals surface area contributed by atoms with Crippen molar-refractivity contribution in [2.75, 3.05) is 5.32 Å². The lowest BCUT2D eigenvalue weighted by Crippen LogP contribution is -1.92. The third-order valence-corrected chi connectivity index (χ3v) is 3.11. The summed E-state index contributed by atoms with van der Waals surface area (Å²) in [5, 5.41) is 3.21. The molecule has 1 heteroatoms. The predicted octanol–water partition coefficient (Wildman–Crippen LogP) is 3.81. The van der Waals surface area contributed by atoms with E-state index in [9.17, 15) is 0 Å².